The average Bonchev–Trinajstić information content (AvgIpc) is 2.39. The molecular formula is C14H20N2O2. The number of piperidine rings is 1. The number of hydrogen-bond donors (Lipinski definition) is 3. The van der Waals surface area contributed by atoms with Crippen molar-refractivity contribution in [3.63, 3.8) is 0 Å². The molecule has 1 fully saturated rings. The van der Waals surface area contributed by atoms with E-state index >= 15 is 0 Å². The van der Waals surface area contributed by atoms with E-state index in [9.17, 15) is 4.79 Å². The first-order valence-corrected chi connectivity index (χ1v) is 6.45. The van der Waals surface area contributed by atoms with Crippen LogP contribution >= 0.6 is 0 Å². The van der Waals surface area contributed by atoms with E-state index in [-0.39, 0.29) is 6.42 Å². The van der Waals surface area contributed by atoms with Crippen molar-refractivity contribution < 1.29 is 9.90 Å². The van der Waals surface area contributed by atoms with E-state index in [0.29, 0.717) is 5.92 Å². The van der Waals surface area contributed by atoms with Crippen LogP contribution in [0.5, 0.6) is 0 Å². The maximum atomic E-state index is 10.8. The van der Waals surface area contributed by atoms with Crippen molar-refractivity contribution in [2.24, 2.45) is 5.73 Å². The van der Waals surface area contributed by atoms with E-state index in [4.69, 9.17) is 10.8 Å². The van der Waals surface area contributed by atoms with E-state index in [2.05, 4.69) is 11.4 Å². The summed E-state index contributed by atoms with van der Waals surface area (Å²) in [6, 6.07) is 7.59. The molecule has 4 heteroatoms. The Bertz CT molecular complexity index is 414. The van der Waals surface area contributed by atoms with Crippen molar-refractivity contribution in [1.29, 1.82) is 0 Å². The lowest BCUT2D eigenvalue weighted by Crippen LogP contribution is -2.28. The molecule has 1 unspecified atom stereocenters. The van der Waals surface area contributed by atoms with Crippen LogP contribution in [0.1, 0.15) is 42.3 Å². The van der Waals surface area contributed by atoms with Crippen LogP contribution in [0.2, 0.25) is 0 Å². The first kappa shape index (κ1) is 13.1. The number of nitrogens with two attached hydrogens (primary N) is 1. The molecule has 0 radical (unpaired) electrons. The molecular weight excluding hydrogens is 228 g/mol. The SMILES string of the molecule is NC(CC(=O)O)c1ccccc1C1CCNCC1. The molecule has 1 atom stereocenters. The lowest BCUT2D eigenvalue weighted by molar-refractivity contribution is -0.137. The summed E-state index contributed by atoms with van der Waals surface area (Å²) in [6.45, 7) is 2.04. The molecule has 1 aromatic rings. The summed E-state index contributed by atoms with van der Waals surface area (Å²) in [5.41, 5.74) is 8.23. The van der Waals surface area contributed by atoms with Gasteiger partial charge < -0.3 is 16.2 Å². The van der Waals surface area contributed by atoms with Crippen molar-refractivity contribution in [3.8, 4) is 0 Å². The average molecular weight is 248 g/mol. The number of aliphatic carboxylic acids is 1. The van der Waals surface area contributed by atoms with E-state index in [1.54, 1.807) is 0 Å². The first-order chi connectivity index (χ1) is 8.68. The molecule has 1 aliphatic rings. The van der Waals surface area contributed by atoms with Gasteiger partial charge in [-0.2, -0.15) is 0 Å². The summed E-state index contributed by atoms with van der Waals surface area (Å²) < 4.78 is 0. The van der Waals surface area contributed by atoms with Gasteiger partial charge in [-0.1, -0.05) is 24.3 Å². The molecule has 0 amide bonds. The Morgan fingerprint density at radius 2 is 2.06 bits per heavy atom. The van der Waals surface area contributed by atoms with Gasteiger partial charge in [-0.05, 0) is 43.0 Å². The molecule has 1 saturated heterocycles. The van der Waals surface area contributed by atoms with Crippen LogP contribution in [-0.2, 0) is 4.79 Å². The zero-order valence-corrected chi connectivity index (χ0v) is 10.4. The molecule has 4 N–H and O–H groups in total. The molecule has 0 bridgehead atoms. The Labute approximate surface area is 107 Å². The van der Waals surface area contributed by atoms with Crippen LogP contribution < -0.4 is 11.1 Å². The lowest BCUT2D eigenvalue weighted by Gasteiger charge is -2.26. The fourth-order valence-electron chi connectivity index (χ4n) is 2.65. The van der Waals surface area contributed by atoms with Gasteiger partial charge in [-0.25, -0.2) is 0 Å². The van der Waals surface area contributed by atoms with Gasteiger partial charge in [0.1, 0.15) is 0 Å². The number of rotatable bonds is 4. The fraction of sp³-hybridized carbons (Fsp3) is 0.500. The maximum absolute atomic E-state index is 10.8. The standard InChI is InChI=1S/C14H20N2O2/c15-13(9-14(17)18)12-4-2-1-3-11(12)10-5-7-16-8-6-10/h1-4,10,13,16H,5-9,15H2,(H,17,18). The van der Waals surface area contributed by atoms with Crippen LogP contribution in [0.25, 0.3) is 0 Å². The van der Waals surface area contributed by atoms with Gasteiger partial charge in [0.25, 0.3) is 0 Å². The monoisotopic (exact) mass is 248 g/mol. The molecule has 1 aromatic carbocycles. The largest absolute Gasteiger partial charge is 0.481 e. The first-order valence-electron chi connectivity index (χ1n) is 6.45. The summed E-state index contributed by atoms with van der Waals surface area (Å²) in [7, 11) is 0. The topological polar surface area (TPSA) is 75.4 Å². The van der Waals surface area contributed by atoms with Gasteiger partial charge in [0, 0.05) is 6.04 Å². The van der Waals surface area contributed by atoms with Crippen LogP contribution in [0.3, 0.4) is 0 Å². The quantitative estimate of drug-likeness (QED) is 0.757. The number of nitrogens with one attached hydrogen (secondary N) is 1. The molecule has 0 spiro atoms. The summed E-state index contributed by atoms with van der Waals surface area (Å²) in [5.74, 6) is -0.343. The molecule has 1 heterocycles. The highest BCUT2D eigenvalue weighted by atomic mass is 16.4. The zero-order chi connectivity index (χ0) is 13.0. The van der Waals surface area contributed by atoms with Crippen molar-refractivity contribution in [1.82, 2.24) is 5.32 Å². The Hall–Kier alpha value is -1.39. The second-order valence-electron chi connectivity index (χ2n) is 4.86. The minimum absolute atomic E-state index is 0.0119. The van der Waals surface area contributed by atoms with Crippen molar-refractivity contribution in [2.45, 2.75) is 31.2 Å². The summed E-state index contributed by atoms with van der Waals surface area (Å²) in [4.78, 5) is 10.8. The van der Waals surface area contributed by atoms with E-state index in [0.717, 1.165) is 31.5 Å². The van der Waals surface area contributed by atoms with Gasteiger partial charge in [-0.3, -0.25) is 4.79 Å². The number of hydrogen-bond acceptors (Lipinski definition) is 3. The highest BCUT2D eigenvalue weighted by Crippen LogP contribution is 2.31. The minimum atomic E-state index is -0.845. The predicted octanol–water partition coefficient (Wildman–Crippen LogP) is 1.63. The van der Waals surface area contributed by atoms with Crippen LogP contribution in [0.4, 0.5) is 0 Å². The number of carbonyl (C=O) groups is 1. The summed E-state index contributed by atoms with van der Waals surface area (Å²) in [6.07, 6.45) is 2.18. The van der Waals surface area contributed by atoms with Gasteiger partial charge in [0.2, 0.25) is 0 Å². The molecule has 1 aliphatic heterocycles. The lowest BCUT2D eigenvalue weighted by atomic mass is 9.84. The highest BCUT2D eigenvalue weighted by molar-refractivity contribution is 5.68. The maximum Gasteiger partial charge on any atom is 0.305 e. The van der Waals surface area contributed by atoms with Gasteiger partial charge in [0.15, 0.2) is 0 Å². The second kappa shape index (κ2) is 5.98. The molecule has 98 valence electrons. The second-order valence-corrected chi connectivity index (χ2v) is 4.86. The highest BCUT2D eigenvalue weighted by Gasteiger charge is 2.21. The van der Waals surface area contributed by atoms with E-state index in [1.807, 2.05) is 18.2 Å². The third kappa shape index (κ3) is 3.09. The Morgan fingerprint density at radius 3 is 2.72 bits per heavy atom. The van der Waals surface area contributed by atoms with E-state index < -0.39 is 12.0 Å². The summed E-state index contributed by atoms with van der Waals surface area (Å²) in [5, 5.41) is 12.2. The van der Waals surface area contributed by atoms with Crippen LogP contribution in [-0.4, -0.2) is 24.2 Å². The van der Waals surface area contributed by atoms with Crippen LogP contribution in [0.15, 0.2) is 24.3 Å². The normalized spacial score (nSPS) is 18.5. The molecule has 2 rings (SSSR count). The molecule has 18 heavy (non-hydrogen) atoms. The fourth-order valence-corrected chi connectivity index (χ4v) is 2.65. The Kier molecular flexibility index (Phi) is 4.33. The smallest absolute Gasteiger partial charge is 0.305 e. The molecule has 0 saturated carbocycles. The van der Waals surface area contributed by atoms with Gasteiger partial charge in [-0.15, -0.1) is 0 Å². The Balaban J connectivity index is 2.21. The molecule has 4 nitrogen and oxygen atoms in total. The van der Waals surface area contributed by atoms with Gasteiger partial charge in [0.05, 0.1) is 6.42 Å². The van der Waals surface area contributed by atoms with E-state index in [1.165, 1.54) is 5.56 Å². The van der Waals surface area contributed by atoms with Crippen LogP contribution in [0, 0.1) is 0 Å². The number of benzene rings is 1. The summed E-state index contributed by atoms with van der Waals surface area (Å²) >= 11 is 0. The molecule has 0 aliphatic carbocycles. The number of carboxylic acids is 1. The minimum Gasteiger partial charge on any atom is -0.481 e. The third-order valence-electron chi connectivity index (χ3n) is 3.57. The zero-order valence-electron chi connectivity index (χ0n) is 10.4. The third-order valence-corrected chi connectivity index (χ3v) is 3.57. The number of carboxylic acid groups (broad SMARTS) is 1. The Morgan fingerprint density at radius 1 is 1.39 bits per heavy atom. The molecule has 0 aromatic heterocycles. The van der Waals surface area contributed by atoms with Gasteiger partial charge >= 0.3 is 5.97 Å². The predicted molar refractivity (Wildman–Crippen MR) is 70.5 cm³/mol. The van der Waals surface area contributed by atoms with Crippen molar-refractivity contribution in [2.75, 3.05) is 13.1 Å². The van der Waals surface area contributed by atoms with Crippen molar-refractivity contribution >= 4 is 5.97 Å². The van der Waals surface area contributed by atoms with Crippen molar-refractivity contribution in [3.05, 3.63) is 35.4 Å².